The number of oxazole rings is 1. The topological polar surface area (TPSA) is 97.6 Å². The molecule has 5 aromatic rings. The Morgan fingerprint density at radius 1 is 1.02 bits per heavy atom. The Bertz CT molecular complexity index is 1620. The van der Waals surface area contributed by atoms with Gasteiger partial charge in [-0.15, -0.1) is 0 Å². The number of pyridine rings is 1. The van der Waals surface area contributed by atoms with E-state index in [1.165, 1.54) is 19.3 Å². The standard InChI is InChI=1S/C32H31IN4O4/c1-2-3-20-33-24-13-7-8-16-27(24)40-31-26(15-10-21-34-31)37(22-38)32-36-30-25(14-9-17-28(30)41-32)35-29(39)19-18-23-11-5-4-6-12-23/h4-17,21-22,33H,2-3,18-20H2,1H3,(H,35,39). The number of aryl methyl sites for hydroxylation is 1. The Morgan fingerprint density at radius 2 is 1.85 bits per heavy atom. The van der Waals surface area contributed by atoms with Crippen LogP contribution in [0.4, 0.5) is 17.4 Å². The number of amides is 2. The van der Waals surface area contributed by atoms with Crippen LogP contribution >= 0.6 is 21.2 Å². The summed E-state index contributed by atoms with van der Waals surface area (Å²) in [6.45, 7) is 2.19. The van der Waals surface area contributed by atoms with Crippen molar-refractivity contribution in [2.24, 2.45) is 0 Å². The summed E-state index contributed by atoms with van der Waals surface area (Å²) in [5.41, 5.74) is 2.87. The van der Waals surface area contributed by atoms with Gasteiger partial charge < -0.3 is 0 Å². The van der Waals surface area contributed by atoms with Gasteiger partial charge in [-0.1, -0.05) is 30.3 Å². The van der Waals surface area contributed by atoms with Gasteiger partial charge in [-0.25, -0.2) is 0 Å². The second kappa shape index (κ2) is 13.9. The number of alkyl halides is 1. The van der Waals surface area contributed by atoms with E-state index in [1.807, 2.05) is 48.5 Å². The maximum atomic E-state index is 12.7. The molecule has 1 N–H and O–H groups in total. The van der Waals surface area contributed by atoms with Crippen LogP contribution in [0.1, 0.15) is 31.7 Å². The zero-order valence-corrected chi connectivity index (χ0v) is 25.0. The number of nitrogens with zero attached hydrogens (tertiary/aromatic N) is 3. The van der Waals surface area contributed by atoms with Crippen molar-refractivity contribution in [2.45, 2.75) is 32.6 Å². The third-order valence-corrected chi connectivity index (χ3v) is 9.56. The second-order valence-corrected chi connectivity index (χ2v) is 12.5. The van der Waals surface area contributed by atoms with E-state index in [0.717, 1.165) is 17.7 Å². The third kappa shape index (κ3) is 7.10. The molecule has 210 valence electrons. The molecular weight excluding hydrogens is 631 g/mol. The Balaban J connectivity index is 1.38. The van der Waals surface area contributed by atoms with Gasteiger partial charge in [0.1, 0.15) is 0 Å². The van der Waals surface area contributed by atoms with Crippen molar-refractivity contribution in [3.63, 3.8) is 0 Å². The van der Waals surface area contributed by atoms with Crippen LogP contribution in [-0.2, 0) is 16.0 Å². The molecule has 0 aliphatic carbocycles. The number of anilines is 3. The summed E-state index contributed by atoms with van der Waals surface area (Å²) in [5, 5.41) is 2.93. The summed E-state index contributed by atoms with van der Waals surface area (Å²) in [7, 11) is 0. The van der Waals surface area contributed by atoms with Gasteiger partial charge in [0.05, 0.1) is 0 Å². The van der Waals surface area contributed by atoms with Gasteiger partial charge in [-0.3, -0.25) is 4.79 Å². The van der Waals surface area contributed by atoms with Crippen LogP contribution < -0.4 is 15.0 Å². The van der Waals surface area contributed by atoms with E-state index in [0.29, 0.717) is 41.7 Å². The quantitative estimate of drug-likeness (QED) is 0.0605. The third-order valence-electron chi connectivity index (χ3n) is 6.30. The fraction of sp³-hybridized carbons (Fsp3) is 0.188. The molecule has 3 aromatic carbocycles. The molecule has 2 aromatic heterocycles. The fourth-order valence-corrected chi connectivity index (χ4v) is 7.27. The molecule has 0 spiro atoms. The van der Waals surface area contributed by atoms with Crippen molar-refractivity contribution in [1.82, 2.24) is 9.97 Å². The average Bonchev–Trinajstić information content (AvgIpc) is 3.44. The van der Waals surface area contributed by atoms with Gasteiger partial charge in [0.2, 0.25) is 0 Å². The van der Waals surface area contributed by atoms with E-state index in [2.05, 4.69) is 28.3 Å². The minimum atomic E-state index is -0.417. The van der Waals surface area contributed by atoms with Crippen molar-refractivity contribution < 1.29 is 18.7 Å². The zero-order chi connectivity index (χ0) is 28.4. The normalized spacial score (nSPS) is 11.0. The molecule has 2 heterocycles. The Labute approximate surface area is 249 Å². The molecule has 0 saturated carbocycles. The van der Waals surface area contributed by atoms with E-state index in [4.69, 9.17) is 9.15 Å². The SMILES string of the molecule is CCCC[IH]c1ccccc1Oc1ncccc1N(C=O)c1nc2c(NC(=O)CCc3ccccc3)cccc2o1. The number of hydrogen-bond donors (Lipinski definition) is 1. The summed E-state index contributed by atoms with van der Waals surface area (Å²) < 4.78 is 14.7. The number of halogens is 1. The van der Waals surface area contributed by atoms with Crippen LogP contribution in [-0.4, -0.2) is 26.7 Å². The van der Waals surface area contributed by atoms with Gasteiger partial charge in [-0.05, 0) is 12.0 Å². The fourth-order valence-electron chi connectivity index (χ4n) is 4.19. The van der Waals surface area contributed by atoms with Crippen LogP contribution in [0.15, 0.2) is 95.5 Å². The van der Waals surface area contributed by atoms with Crippen LogP contribution in [0.5, 0.6) is 11.6 Å². The first-order valence-electron chi connectivity index (χ1n) is 13.5. The number of unbranched alkanes of at least 4 members (excludes halogenated alkanes) is 1. The summed E-state index contributed by atoms with van der Waals surface area (Å²) in [5.74, 6) is 0.878. The maximum absolute atomic E-state index is 12.7. The molecule has 0 bridgehead atoms. The summed E-state index contributed by atoms with van der Waals surface area (Å²) in [6.07, 6.45) is 5.54. The molecular formula is C32H31IN4O4. The molecule has 2 amide bonds. The van der Waals surface area contributed by atoms with Crippen molar-refractivity contribution in [3.8, 4) is 11.6 Å². The molecule has 41 heavy (non-hydrogen) atoms. The van der Waals surface area contributed by atoms with E-state index in [-0.39, 0.29) is 17.8 Å². The van der Waals surface area contributed by atoms with Crippen LogP contribution in [0.2, 0.25) is 0 Å². The Morgan fingerprint density at radius 3 is 2.68 bits per heavy atom. The number of para-hydroxylation sites is 2. The number of carbonyl (C=O) groups is 2. The van der Waals surface area contributed by atoms with Gasteiger partial charge in [-0.2, -0.15) is 0 Å². The molecule has 0 fully saturated rings. The van der Waals surface area contributed by atoms with E-state index < -0.39 is 21.2 Å². The number of aromatic nitrogens is 2. The number of rotatable bonds is 13. The molecule has 8 nitrogen and oxygen atoms in total. The first kappa shape index (κ1) is 28.3. The predicted octanol–water partition coefficient (Wildman–Crippen LogP) is 7.55. The first-order chi connectivity index (χ1) is 20.2. The molecule has 0 atom stereocenters. The average molecular weight is 663 g/mol. The van der Waals surface area contributed by atoms with E-state index in [1.54, 1.807) is 36.5 Å². The molecule has 0 unspecified atom stereocenters. The van der Waals surface area contributed by atoms with E-state index in [9.17, 15) is 9.59 Å². The summed E-state index contributed by atoms with van der Waals surface area (Å²) >= 11 is -0.417. The van der Waals surface area contributed by atoms with Crippen LogP contribution in [0.3, 0.4) is 0 Å². The monoisotopic (exact) mass is 662 g/mol. The summed E-state index contributed by atoms with van der Waals surface area (Å²) in [4.78, 5) is 35.4. The second-order valence-electron chi connectivity index (χ2n) is 9.24. The number of nitrogens with one attached hydrogen (secondary N) is 1. The van der Waals surface area contributed by atoms with Crippen LogP contribution in [0.25, 0.3) is 11.1 Å². The Hall–Kier alpha value is -4.25. The van der Waals surface area contributed by atoms with Crippen molar-refractivity contribution >= 4 is 62.0 Å². The predicted molar refractivity (Wildman–Crippen MR) is 170 cm³/mol. The van der Waals surface area contributed by atoms with Gasteiger partial charge in [0, 0.05) is 6.42 Å². The summed E-state index contributed by atoms with van der Waals surface area (Å²) in [6, 6.07) is 26.6. The molecule has 9 heteroatoms. The van der Waals surface area contributed by atoms with Crippen LogP contribution in [0, 0.1) is 3.57 Å². The first-order valence-corrected chi connectivity index (χ1v) is 16.3. The Kier molecular flexibility index (Phi) is 9.58. The van der Waals surface area contributed by atoms with Gasteiger partial charge >= 0.3 is 196 Å². The molecule has 0 saturated heterocycles. The number of fused-ring (bicyclic) bond motifs is 1. The number of hydrogen-bond acceptors (Lipinski definition) is 6. The molecule has 0 radical (unpaired) electrons. The molecule has 0 aliphatic rings. The van der Waals surface area contributed by atoms with Gasteiger partial charge in [0.15, 0.2) is 0 Å². The minimum absolute atomic E-state index is 0.0452. The number of ether oxygens (including phenoxy) is 1. The number of carbonyl (C=O) groups excluding carboxylic acids is 2. The van der Waals surface area contributed by atoms with E-state index >= 15 is 0 Å². The molecule has 0 aliphatic heterocycles. The van der Waals surface area contributed by atoms with Gasteiger partial charge in [0.25, 0.3) is 0 Å². The van der Waals surface area contributed by atoms with Crippen molar-refractivity contribution in [1.29, 1.82) is 0 Å². The number of benzene rings is 3. The zero-order valence-electron chi connectivity index (χ0n) is 22.7. The van der Waals surface area contributed by atoms with Crippen molar-refractivity contribution in [2.75, 3.05) is 14.6 Å². The van der Waals surface area contributed by atoms with Crippen molar-refractivity contribution in [3.05, 3.63) is 100 Å². The molecule has 5 rings (SSSR count).